The lowest BCUT2D eigenvalue weighted by Crippen LogP contribution is -2.49. The van der Waals surface area contributed by atoms with E-state index >= 15 is 0 Å². The van der Waals surface area contributed by atoms with E-state index in [0.29, 0.717) is 23.3 Å². The van der Waals surface area contributed by atoms with E-state index in [2.05, 4.69) is 17.5 Å². The van der Waals surface area contributed by atoms with Gasteiger partial charge in [-0.15, -0.1) is 0 Å². The monoisotopic (exact) mass is 442 g/mol. The van der Waals surface area contributed by atoms with Gasteiger partial charge in [0.2, 0.25) is 17.7 Å². The molecule has 6 heteroatoms. The lowest BCUT2D eigenvalue weighted by atomic mass is 9.63. The van der Waals surface area contributed by atoms with Crippen molar-refractivity contribution < 1.29 is 19.1 Å². The van der Waals surface area contributed by atoms with E-state index in [1.807, 2.05) is 30.3 Å². The van der Waals surface area contributed by atoms with Crippen molar-refractivity contribution in [2.24, 2.45) is 35.5 Å². The molecule has 2 bridgehead atoms. The summed E-state index contributed by atoms with van der Waals surface area (Å²) in [6.45, 7) is 0. The summed E-state index contributed by atoms with van der Waals surface area (Å²) < 4.78 is 5.19. The standard InChI is InChI=1S/C27H26N2O4/c1-33-17-9-7-16(8-10-17)28-25(30)22(13-15-5-3-2-4-6-15)29-26(31)23-18-11-12-19(21-14-20(18)21)24(23)27(29)32/h2-12,18-24H,13-14H2,1H3,(H,28,30)/t18-,19-,20-,21-,22-,23+,24+/m1/s1. The third-order valence-electron chi connectivity index (χ3n) is 7.94. The highest BCUT2D eigenvalue weighted by Crippen LogP contribution is 2.65. The largest absolute Gasteiger partial charge is 0.497 e. The normalized spacial score (nSPS) is 31.7. The first-order valence-electron chi connectivity index (χ1n) is 11.6. The van der Waals surface area contributed by atoms with Gasteiger partial charge in [-0.2, -0.15) is 0 Å². The molecule has 2 aromatic carbocycles. The summed E-state index contributed by atoms with van der Waals surface area (Å²) in [5.74, 6) is 0.658. The second-order valence-corrected chi connectivity index (χ2v) is 9.62. The minimum absolute atomic E-state index is 0.133. The van der Waals surface area contributed by atoms with E-state index < -0.39 is 6.04 Å². The van der Waals surface area contributed by atoms with Crippen molar-refractivity contribution in [3.05, 3.63) is 72.3 Å². The summed E-state index contributed by atoms with van der Waals surface area (Å²) in [4.78, 5) is 42.1. The molecule has 7 atom stereocenters. The van der Waals surface area contributed by atoms with Gasteiger partial charge in [0.25, 0.3) is 0 Å². The van der Waals surface area contributed by atoms with Crippen molar-refractivity contribution in [2.75, 3.05) is 12.4 Å². The molecule has 0 aromatic heterocycles. The van der Waals surface area contributed by atoms with Crippen LogP contribution in [0.5, 0.6) is 5.75 Å². The smallest absolute Gasteiger partial charge is 0.248 e. The number of carbonyl (C=O) groups excluding carboxylic acids is 3. The van der Waals surface area contributed by atoms with Crippen LogP contribution in [0.2, 0.25) is 0 Å². The maximum atomic E-state index is 13.7. The number of likely N-dealkylation sites (tertiary alicyclic amines) is 1. The number of rotatable bonds is 6. The van der Waals surface area contributed by atoms with Crippen molar-refractivity contribution >= 4 is 23.4 Å². The van der Waals surface area contributed by atoms with Crippen LogP contribution in [0.1, 0.15) is 12.0 Å². The molecule has 0 radical (unpaired) electrons. The molecule has 5 aliphatic rings. The summed E-state index contributed by atoms with van der Waals surface area (Å²) in [5, 5.41) is 2.91. The van der Waals surface area contributed by atoms with Crippen LogP contribution >= 0.6 is 0 Å². The average molecular weight is 443 g/mol. The van der Waals surface area contributed by atoms with Gasteiger partial charge in [-0.25, -0.2) is 0 Å². The molecule has 2 saturated carbocycles. The van der Waals surface area contributed by atoms with E-state index in [9.17, 15) is 14.4 Å². The third kappa shape index (κ3) is 3.19. The lowest BCUT2D eigenvalue weighted by molar-refractivity contribution is -0.146. The number of ether oxygens (including phenoxy) is 1. The van der Waals surface area contributed by atoms with Gasteiger partial charge in [0.1, 0.15) is 11.8 Å². The summed E-state index contributed by atoms with van der Waals surface area (Å²) >= 11 is 0. The van der Waals surface area contributed by atoms with E-state index in [1.54, 1.807) is 31.4 Å². The fourth-order valence-corrected chi connectivity index (χ4v) is 6.33. The molecule has 0 unspecified atom stereocenters. The molecule has 3 fully saturated rings. The zero-order valence-electron chi connectivity index (χ0n) is 18.4. The summed E-state index contributed by atoms with van der Waals surface area (Å²) in [6, 6.07) is 15.7. The quantitative estimate of drug-likeness (QED) is 0.550. The number of hydrogen-bond acceptors (Lipinski definition) is 4. The molecule has 2 aromatic rings. The Kier molecular flexibility index (Phi) is 4.64. The number of hydrogen-bond donors (Lipinski definition) is 1. The molecule has 1 aliphatic heterocycles. The van der Waals surface area contributed by atoms with E-state index in [0.717, 1.165) is 12.0 Å². The van der Waals surface area contributed by atoms with Crippen LogP contribution in [0.15, 0.2) is 66.7 Å². The Hall–Kier alpha value is -3.41. The highest BCUT2D eigenvalue weighted by atomic mass is 16.5. The Bertz CT molecular complexity index is 1110. The van der Waals surface area contributed by atoms with Gasteiger partial charge in [0.15, 0.2) is 0 Å². The topological polar surface area (TPSA) is 75.7 Å². The van der Waals surface area contributed by atoms with Gasteiger partial charge in [-0.05, 0) is 59.9 Å². The minimum atomic E-state index is -0.893. The third-order valence-corrected chi connectivity index (χ3v) is 7.94. The number of anilines is 1. The molecule has 1 saturated heterocycles. The van der Waals surface area contributed by atoms with Crippen molar-refractivity contribution in [3.8, 4) is 5.75 Å². The molecule has 1 heterocycles. The molecule has 0 spiro atoms. The molecule has 1 N–H and O–H groups in total. The van der Waals surface area contributed by atoms with Crippen molar-refractivity contribution in [1.29, 1.82) is 0 Å². The number of amides is 3. The van der Waals surface area contributed by atoms with Gasteiger partial charge in [0, 0.05) is 12.1 Å². The average Bonchev–Trinajstić information content (AvgIpc) is 3.62. The zero-order chi connectivity index (χ0) is 22.7. The van der Waals surface area contributed by atoms with Crippen molar-refractivity contribution in [1.82, 2.24) is 4.90 Å². The van der Waals surface area contributed by atoms with Crippen molar-refractivity contribution in [3.63, 3.8) is 0 Å². The zero-order valence-corrected chi connectivity index (χ0v) is 18.4. The van der Waals surface area contributed by atoms with Gasteiger partial charge < -0.3 is 10.1 Å². The van der Waals surface area contributed by atoms with Gasteiger partial charge in [-0.3, -0.25) is 19.3 Å². The number of allylic oxidation sites excluding steroid dienone is 2. The maximum absolute atomic E-state index is 13.7. The number of carbonyl (C=O) groups is 3. The first-order valence-corrected chi connectivity index (χ1v) is 11.6. The Morgan fingerprint density at radius 3 is 2.15 bits per heavy atom. The molecule has 3 amide bonds. The van der Waals surface area contributed by atoms with Crippen LogP contribution < -0.4 is 10.1 Å². The van der Waals surface area contributed by atoms with Crippen LogP contribution in [0.3, 0.4) is 0 Å². The number of nitrogens with one attached hydrogen (secondary N) is 1. The van der Waals surface area contributed by atoms with Gasteiger partial charge in [0.05, 0.1) is 18.9 Å². The second kappa shape index (κ2) is 7.58. The highest BCUT2D eigenvalue weighted by Gasteiger charge is 2.67. The summed E-state index contributed by atoms with van der Waals surface area (Å²) in [7, 11) is 1.58. The SMILES string of the molecule is COc1ccc(NC(=O)[C@@H](Cc2ccccc2)N2C(=O)[C@H]3[C@@H]4C=C[C@H]([C@H]5C[C@H]45)[C@@H]3C2=O)cc1. The predicted octanol–water partition coefficient (Wildman–Crippen LogP) is 3.30. The molecular weight excluding hydrogens is 416 g/mol. The number of imide groups is 1. The van der Waals surface area contributed by atoms with Crippen LogP contribution in [0, 0.1) is 35.5 Å². The second-order valence-electron chi connectivity index (χ2n) is 9.62. The Labute approximate surface area is 192 Å². The van der Waals surface area contributed by atoms with Gasteiger partial charge in [-0.1, -0.05) is 42.5 Å². The Balaban J connectivity index is 1.31. The number of nitrogens with zero attached hydrogens (tertiary/aromatic N) is 1. The summed E-state index contributed by atoms with van der Waals surface area (Å²) in [6.07, 6.45) is 5.70. The number of methoxy groups -OCH3 is 1. The predicted molar refractivity (Wildman–Crippen MR) is 122 cm³/mol. The van der Waals surface area contributed by atoms with Crippen LogP contribution in [0.25, 0.3) is 0 Å². The maximum Gasteiger partial charge on any atom is 0.248 e. The van der Waals surface area contributed by atoms with E-state index in [1.165, 1.54) is 4.90 Å². The molecule has 168 valence electrons. The van der Waals surface area contributed by atoms with Crippen LogP contribution in [0.4, 0.5) is 5.69 Å². The van der Waals surface area contributed by atoms with E-state index in [4.69, 9.17) is 4.74 Å². The molecular formula is C27H26N2O4. The van der Waals surface area contributed by atoms with Crippen molar-refractivity contribution in [2.45, 2.75) is 18.9 Å². The first-order chi connectivity index (χ1) is 16.1. The lowest BCUT2D eigenvalue weighted by Gasteiger charge is -2.37. The first kappa shape index (κ1) is 20.2. The molecule has 6 nitrogen and oxygen atoms in total. The Morgan fingerprint density at radius 2 is 1.58 bits per heavy atom. The molecule has 7 rings (SSSR count). The van der Waals surface area contributed by atoms with Crippen LogP contribution in [-0.4, -0.2) is 35.8 Å². The molecule has 4 aliphatic carbocycles. The number of benzene rings is 2. The highest BCUT2D eigenvalue weighted by molar-refractivity contribution is 6.10. The Morgan fingerprint density at radius 1 is 0.970 bits per heavy atom. The van der Waals surface area contributed by atoms with Crippen LogP contribution in [-0.2, 0) is 20.8 Å². The van der Waals surface area contributed by atoms with Gasteiger partial charge >= 0.3 is 0 Å². The minimum Gasteiger partial charge on any atom is -0.497 e. The summed E-state index contributed by atoms with van der Waals surface area (Å²) in [5.41, 5.74) is 1.50. The van der Waals surface area contributed by atoms with E-state index in [-0.39, 0.29) is 47.8 Å². The fraction of sp³-hybridized carbons (Fsp3) is 0.370. The molecule has 33 heavy (non-hydrogen) atoms. The fourth-order valence-electron chi connectivity index (χ4n) is 6.33.